The molecule has 0 spiro atoms. The summed E-state index contributed by atoms with van der Waals surface area (Å²) in [5, 5.41) is -0.388. The van der Waals surface area contributed by atoms with Gasteiger partial charge < -0.3 is 4.18 Å². The van der Waals surface area contributed by atoms with Gasteiger partial charge in [0, 0.05) is 10.0 Å². The molecule has 1 aliphatic rings. The maximum absolute atomic E-state index is 12.9. The molecule has 33 heavy (non-hydrogen) atoms. The minimum atomic E-state index is -4.08. The molecule has 0 unspecified atom stereocenters. The third-order valence-electron chi connectivity index (χ3n) is 4.82. The molecular formula is C24H18BrNO5S2. The van der Waals surface area contributed by atoms with Gasteiger partial charge in [-0.05, 0) is 60.7 Å². The van der Waals surface area contributed by atoms with Gasteiger partial charge in [-0.25, -0.2) is 0 Å². The highest BCUT2D eigenvalue weighted by Crippen LogP contribution is 2.36. The van der Waals surface area contributed by atoms with E-state index in [4.69, 9.17) is 4.18 Å². The number of amides is 2. The zero-order valence-corrected chi connectivity index (χ0v) is 20.6. The summed E-state index contributed by atoms with van der Waals surface area (Å²) < 4.78 is 31.4. The van der Waals surface area contributed by atoms with Crippen LogP contribution in [-0.2, 0) is 21.5 Å². The second kappa shape index (κ2) is 9.54. The Bertz CT molecular complexity index is 1350. The van der Waals surface area contributed by atoms with E-state index in [1.54, 1.807) is 30.3 Å². The van der Waals surface area contributed by atoms with Gasteiger partial charge in [-0.2, -0.15) is 8.42 Å². The third-order valence-corrected chi connectivity index (χ3v) is 7.47. The average Bonchev–Trinajstić information content (AvgIpc) is 3.05. The molecule has 6 nitrogen and oxygen atoms in total. The van der Waals surface area contributed by atoms with Crippen LogP contribution < -0.4 is 4.18 Å². The zero-order chi connectivity index (χ0) is 23.6. The highest BCUT2D eigenvalue weighted by atomic mass is 79.9. The molecule has 3 aromatic rings. The first kappa shape index (κ1) is 23.3. The van der Waals surface area contributed by atoms with E-state index in [1.807, 2.05) is 31.2 Å². The van der Waals surface area contributed by atoms with Crippen LogP contribution in [-0.4, -0.2) is 24.5 Å². The third kappa shape index (κ3) is 5.38. The van der Waals surface area contributed by atoms with Crippen molar-refractivity contribution in [2.75, 3.05) is 0 Å². The highest BCUT2D eigenvalue weighted by molar-refractivity contribution is 9.10. The van der Waals surface area contributed by atoms with Crippen molar-refractivity contribution >= 4 is 55.0 Å². The first-order valence-electron chi connectivity index (χ1n) is 9.83. The van der Waals surface area contributed by atoms with Gasteiger partial charge in [-0.15, -0.1) is 0 Å². The van der Waals surface area contributed by atoms with Crippen LogP contribution in [0.1, 0.15) is 16.7 Å². The highest BCUT2D eigenvalue weighted by Gasteiger charge is 2.35. The maximum Gasteiger partial charge on any atom is 0.339 e. The number of nitrogens with zero attached hydrogens (tertiary/aromatic N) is 1. The lowest BCUT2D eigenvalue weighted by atomic mass is 10.1. The summed E-state index contributed by atoms with van der Waals surface area (Å²) in [4.78, 5) is 26.8. The molecule has 1 aliphatic heterocycles. The van der Waals surface area contributed by atoms with Crippen molar-refractivity contribution in [2.24, 2.45) is 0 Å². The number of aryl methyl sites for hydroxylation is 1. The van der Waals surface area contributed by atoms with Gasteiger partial charge in [0.15, 0.2) is 0 Å². The smallest absolute Gasteiger partial charge is 0.339 e. The molecular weight excluding hydrogens is 526 g/mol. The van der Waals surface area contributed by atoms with Crippen LogP contribution in [0.5, 0.6) is 5.75 Å². The largest absolute Gasteiger partial charge is 0.378 e. The number of imide groups is 1. The maximum atomic E-state index is 12.9. The number of carbonyl (C=O) groups excluding carboxylic acids is 2. The molecule has 3 aromatic carbocycles. The van der Waals surface area contributed by atoms with Crippen LogP contribution >= 0.6 is 27.7 Å². The van der Waals surface area contributed by atoms with Crippen molar-refractivity contribution < 1.29 is 22.2 Å². The van der Waals surface area contributed by atoms with E-state index in [0.29, 0.717) is 10.0 Å². The summed E-state index contributed by atoms with van der Waals surface area (Å²) in [6.45, 7) is 2.12. The van der Waals surface area contributed by atoms with Crippen LogP contribution in [0.15, 0.2) is 87.1 Å². The van der Waals surface area contributed by atoms with Gasteiger partial charge in [0.05, 0.1) is 11.4 Å². The lowest BCUT2D eigenvalue weighted by molar-refractivity contribution is -0.123. The predicted molar refractivity (Wildman–Crippen MR) is 131 cm³/mol. The van der Waals surface area contributed by atoms with Crippen LogP contribution in [0.25, 0.3) is 6.08 Å². The monoisotopic (exact) mass is 543 g/mol. The molecule has 1 heterocycles. The van der Waals surface area contributed by atoms with E-state index >= 15 is 0 Å². The number of thioether (sulfide) groups is 1. The normalized spacial score (nSPS) is 15.3. The fraction of sp³-hybridized carbons (Fsp3) is 0.0833. The molecule has 168 valence electrons. The van der Waals surface area contributed by atoms with Crippen molar-refractivity contribution in [1.82, 2.24) is 4.90 Å². The Hall–Kier alpha value is -2.88. The average molecular weight is 544 g/mol. The Kier molecular flexibility index (Phi) is 6.73. The van der Waals surface area contributed by atoms with Gasteiger partial charge in [0.2, 0.25) is 0 Å². The Morgan fingerprint density at radius 1 is 1.00 bits per heavy atom. The van der Waals surface area contributed by atoms with Gasteiger partial charge >= 0.3 is 10.1 Å². The molecule has 4 rings (SSSR count). The number of hydrogen-bond acceptors (Lipinski definition) is 6. The molecule has 0 bridgehead atoms. The second-order valence-corrected chi connectivity index (χ2v) is 10.7. The summed E-state index contributed by atoms with van der Waals surface area (Å²) in [5.41, 5.74) is 2.27. The van der Waals surface area contributed by atoms with Crippen molar-refractivity contribution in [3.05, 3.63) is 98.9 Å². The second-order valence-electron chi connectivity index (χ2n) is 7.29. The van der Waals surface area contributed by atoms with E-state index in [-0.39, 0.29) is 27.3 Å². The molecule has 9 heteroatoms. The Morgan fingerprint density at radius 3 is 2.39 bits per heavy atom. The van der Waals surface area contributed by atoms with Gasteiger partial charge in [0.25, 0.3) is 11.1 Å². The van der Waals surface area contributed by atoms with E-state index in [1.165, 1.54) is 29.2 Å². The van der Waals surface area contributed by atoms with E-state index in [2.05, 4.69) is 15.9 Å². The fourth-order valence-electron chi connectivity index (χ4n) is 3.12. The minimum Gasteiger partial charge on any atom is -0.378 e. The quantitative estimate of drug-likeness (QED) is 0.290. The van der Waals surface area contributed by atoms with Gasteiger partial charge in [0.1, 0.15) is 10.6 Å². The fourth-order valence-corrected chi connectivity index (χ4v) is 5.30. The Balaban J connectivity index is 1.62. The van der Waals surface area contributed by atoms with E-state index in [9.17, 15) is 18.0 Å². The van der Waals surface area contributed by atoms with Crippen LogP contribution in [0.3, 0.4) is 0 Å². The van der Waals surface area contributed by atoms with Gasteiger partial charge in [-0.3, -0.25) is 14.5 Å². The summed E-state index contributed by atoms with van der Waals surface area (Å²) >= 11 is 4.16. The van der Waals surface area contributed by atoms with Gasteiger partial charge in [-0.1, -0.05) is 64.0 Å². The number of rotatable bonds is 6. The van der Waals surface area contributed by atoms with Crippen molar-refractivity contribution in [3.8, 4) is 5.75 Å². The zero-order valence-electron chi connectivity index (χ0n) is 17.4. The van der Waals surface area contributed by atoms with Crippen molar-refractivity contribution in [2.45, 2.75) is 18.4 Å². The minimum absolute atomic E-state index is 0.0114. The SMILES string of the molecule is Cc1ccc(CN2C(=O)S/C(=C\c3cc(Br)ccc3OS(=O)(=O)c3ccccc3)C2=O)cc1. The molecule has 0 atom stereocenters. The molecule has 2 amide bonds. The predicted octanol–water partition coefficient (Wildman–Crippen LogP) is 5.76. The molecule has 0 saturated carbocycles. The van der Waals surface area contributed by atoms with E-state index in [0.717, 1.165) is 22.9 Å². The topological polar surface area (TPSA) is 80.8 Å². The Morgan fingerprint density at radius 2 is 1.70 bits per heavy atom. The van der Waals surface area contributed by atoms with Crippen LogP contribution in [0.4, 0.5) is 4.79 Å². The van der Waals surface area contributed by atoms with Crippen LogP contribution in [0.2, 0.25) is 0 Å². The van der Waals surface area contributed by atoms with Crippen molar-refractivity contribution in [3.63, 3.8) is 0 Å². The molecule has 0 aliphatic carbocycles. The van der Waals surface area contributed by atoms with E-state index < -0.39 is 16.0 Å². The number of halogens is 1. The summed E-state index contributed by atoms with van der Waals surface area (Å²) in [6.07, 6.45) is 1.47. The lowest BCUT2D eigenvalue weighted by Crippen LogP contribution is -2.27. The summed E-state index contributed by atoms with van der Waals surface area (Å²) in [7, 11) is -4.08. The molecule has 0 N–H and O–H groups in total. The molecule has 1 fully saturated rings. The first-order valence-corrected chi connectivity index (χ1v) is 12.8. The van der Waals surface area contributed by atoms with Crippen molar-refractivity contribution in [1.29, 1.82) is 0 Å². The standard InChI is InChI=1S/C24H18BrNO5S2/c1-16-7-9-17(10-8-16)15-26-23(27)22(32-24(26)28)14-18-13-19(25)11-12-21(18)31-33(29,30)20-5-3-2-4-6-20/h2-14H,15H2,1H3/b22-14-. The first-order chi connectivity index (χ1) is 15.7. The lowest BCUT2D eigenvalue weighted by Gasteiger charge is -2.13. The Labute approximate surface area is 204 Å². The molecule has 0 aromatic heterocycles. The number of hydrogen-bond donors (Lipinski definition) is 0. The number of benzene rings is 3. The van der Waals surface area contributed by atoms with Crippen LogP contribution in [0, 0.1) is 6.92 Å². The molecule has 0 radical (unpaired) electrons. The molecule has 1 saturated heterocycles. The summed E-state index contributed by atoms with van der Waals surface area (Å²) in [5.74, 6) is -0.394. The summed E-state index contributed by atoms with van der Waals surface area (Å²) in [6, 6.07) is 20.1. The number of carbonyl (C=O) groups is 2.